The molecule has 138 valence electrons. The van der Waals surface area contributed by atoms with Gasteiger partial charge in [0.2, 0.25) is 0 Å². The van der Waals surface area contributed by atoms with E-state index >= 15 is 0 Å². The first-order chi connectivity index (χ1) is 11.9. The van der Waals surface area contributed by atoms with Crippen molar-refractivity contribution < 1.29 is 36.4 Å². The molecule has 0 heterocycles. The number of carboxylic acid groups (broad SMARTS) is 1. The van der Waals surface area contributed by atoms with Gasteiger partial charge in [-0.05, 0) is 17.7 Å². The van der Waals surface area contributed by atoms with Crippen LogP contribution < -0.4 is 0 Å². The van der Waals surface area contributed by atoms with Gasteiger partial charge >= 0.3 is 12.1 Å². The highest BCUT2D eigenvalue weighted by Gasteiger charge is 2.31. The molecule has 0 saturated carbocycles. The van der Waals surface area contributed by atoms with Crippen LogP contribution in [0.3, 0.4) is 0 Å². The third kappa shape index (κ3) is 4.36. The highest BCUT2D eigenvalue weighted by molar-refractivity contribution is 7.90. The first-order valence-electron chi connectivity index (χ1n) is 6.82. The van der Waals surface area contributed by atoms with Crippen molar-refractivity contribution in [1.29, 1.82) is 0 Å². The summed E-state index contributed by atoms with van der Waals surface area (Å²) < 4.78 is 63.0. The molecule has 0 amide bonds. The number of nitro groups is 1. The number of benzene rings is 2. The minimum Gasteiger partial charge on any atom is -0.478 e. The molecule has 11 heteroatoms. The van der Waals surface area contributed by atoms with Gasteiger partial charge in [0.1, 0.15) is 0 Å². The molecule has 0 fully saturated rings. The van der Waals surface area contributed by atoms with Gasteiger partial charge in [-0.1, -0.05) is 18.2 Å². The van der Waals surface area contributed by atoms with E-state index in [0.29, 0.717) is 18.2 Å². The van der Waals surface area contributed by atoms with Gasteiger partial charge in [0.05, 0.1) is 26.7 Å². The third-order valence-electron chi connectivity index (χ3n) is 3.32. The van der Waals surface area contributed by atoms with Gasteiger partial charge in [0, 0.05) is 12.1 Å². The van der Waals surface area contributed by atoms with Crippen molar-refractivity contribution in [3.63, 3.8) is 0 Å². The standard InChI is InChI=1S/C15H10F3NO6S/c16-15(17,18)11-3-1-2-9(4-11)8-26(24,25)13-6-10(14(20)21)5-12(7-13)19(22)23/h1-7H,8H2,(H,20,21). The van der Waals surface area contributed by atoms with Crippen LogP contribution in [0.15, 0.2) is 47.4 Å². The number of nitrogens with zero attached hydrogens (tertiary/aromatic N) is 1. The molecule has 0 bridgehead atoms. The molecule has 0 aliphatic heterocycles. The van der Waals surface area contributed by atoms with Crippen LogP contribution in [0.4, 0.5) is 18.9 Å². The van der Waals surface area contributed by atoms with Crippen LogP contribution in [0.2, 0.25) is 0 Å². The van der Waals surface area contributed by atoms with Gasteiger partial charge in [0.25, 0.3) is 5.69 Å². The Balaban J connectivity index is 2.48. The van der Waals surface area contributed by atoms with Crippen molar-refractivity contribution in [2.75, 3.05) is 0 Å². The molecule has 0 aliphatic rings. The van der Waals surface area contributed by atoms with Crippen LogP contribution in [0.25, 0.3) is 0 Å². The van der Waals surface area contributed by atoms with Crippen LogP contribution in [0, 0.1) is 10.1 Å². The number of carbonyl (C=O) groups is 1. The molecule has 1 N–H and O–H groups in total. The number of halogens is 3. The summed E-state index contributed by atoms with van der Waals surface area (Å²) >= 11 is 0. The van der Waals surface area contributed by atoms with Gasteiger partial charge in [-0.25, -0.2) is 13.2 Å². The molecule has 2 rings (SSSR count). The summed E-state index contributed by atoms with van der Waals surface area (Å²) in [6, 6.07) is 5.67. The first-order valence-corrected chi connectivity index (χ1v) is 8.47. The molecule has 0 atom stereocenters. The molecular formula is C15H10F3NO6S. The van der Waals surface area contributed by atoms with Crippen molar-refractivity contribution in [3.05, 3.63) is 69.3 Å². The Morgan fingerprint density at radius 1 is 1.15 bits per heavy atom. The van der Waals surface area contributed by atoms with E-state index in [1.807, 2.05) is 0 Å². The Morgan fingerprint density at radius 3 is 2.35 bits per heavy atom. The molecule has 2 aromatic carbocycles. The number of sulfone groups is 1. The summed E-state index contributed by atoms with van der Waals surface area (Å²) in [4.78, 5) is 20.3. The summed E-state index contributed by atoms with van der Waals surface area (Å²) in [5.41, 5.74) is -2.62. The zero-order valence-electron chi connectivity index (χ0n) is 12.7. The SMILES string of the molecule is O=C(O)c1cc([N+](=O)[O-])cc(S(=O)(=O)Cc2cccc(C(F)(F)F)c2)c1. The van der Waals surface area contributed by atoms with E-state index in [4.69, 9.17) is 5.11 Å². The Labute approximate surface area is 144 Å². The Bertz CT molecular complexity index is 953. The summed E-state index contributed by atoms with van der Waals surface area (Å²) in [6.45, 7) is 0. The van der Waals surface area contributed by atoms with E-state index in [0.717, 1.165) is 24.3 Å². The molecule has 26 heavy (non-hydrogen) atoms. The van der Waals surface area contributed by atoms with E-state index in [9.17, 15) is 36.5 Å². The fourth-order valence-corrected chi connectivity index (χ4v) is 3.52. The van der Waals surface area contributed by atoms with Crippen LogP contribution in [-0.4, -0.2) is 24.4 Å². The van der Waals surface area contributed by atoms with Crippen LogP contribution in [0.1, 0.15) is 21.5 Å². The molecule has 0 spiro atoms. The monoisotopic (exact) mass is 389 g/mol. The largest absolute Gasteiger partial charge is 0.478 e. The predicted octanol–water partition coefficient (Wildman–Crippen LogP) is 3.29. The number of hydrogen-bond acceptors (Lipinski definition) is 5. The Kier molecular flexibility index (Phi) is 5.03. The van der Waals surface area contributed by atoms with Crippen molar-refractivity contribution in [1.82, 2.24) is 0 Å². The molecule has 2 aromatic rings. The van der Waals surface area contributed by atoms with E-state index in [-0.39, 0.29) is 5.56 Å². The van der Waals surface area contributed by atoms with Crippen LogP contribution >= 0.6 is 0 Å². The molecular weight excluding hydrogens is 379 g/mol. The van der Waals surface area contributed by atoms with Crippen LogP contribution in [0.5, 0.6) is 0 Å². The smallest absolute Gasteiger partial charge is 0.416 e. The van der Waals surface area contributed by atoms with E-state index in [2.05, 4.69) is 0 Å². The van der Waals surface area contributed by atoms with Crippen molar-refractivity contribution in [2.24, 2.45) is 0 Å². The second kappa shape index (κ2) is 6.75. The third-order valence-corrected chi connectivity index (χ3v) is 4.99. The van der Waals surface area contributed by atoms with E-state index in [1.165, 1.54) is 0 Å². The summed E-state index contributed by atoms with van der Waals surface area (Å²) in [6.07, 6.45) is -4.66. The number of carboxylic acids is 1. The highest BCUT2D eigenvalue weighted by atomic mass is 32.2. The van der Waals surface area contributed by atoms with E-state index in [1.54, 1.807) is 0 Å². The second-order valence-corrected chi connectivity index (χ2v) is 7.22. The van der Waals surface area contributed by atoms with Crippen molar-refractivity contribution >= 4 is 21.5 Å². The summed E-state index contributed by atoms with van der Waals surface area (Å²) in [5.74, 6) is -2.46. The van der Waals surface area contributed by atoms with Gasteiger partial charge in [-0.15, -0.1) is 0 Å². The number of rotatable bonds is 5. The number of aromatic carboxylic acids is 1. The topological polar surface area (TPSA) is 115 Å². The zero-order valence-corrected chi connectivity index (χ0v) is 13.5. The second-order valence-electron chi connectivity index (χ2n) is 5.24. The lowest BCUT2D eigenvalue weighted by Gasteiger charge is -2.10. The average Bonchev–Trinajstić information content (AvgIpc) is 2.53. The fourth-order valence-electron chi connectivity index (χ4n) is 2.13. The Hall–Kier alpha value is -2.95. The van der Waals surface area contributed by atoms with Gasteiger partial charge in [0.15, 0.2) is 9.84 Å². The van der Waals surface area contributed by atoms with Crippen LogP contribution in [-0.2, 0) is 21.8 Å². The molecule has 0 unspecified atom stereocenters. The fraction of sp³-hybridized carbons (Fsp3) is 0.133. The number of nitro benzene ring substituents is 1. The Morgan fingerprint density at radius 2 is 1.81 bits per heavy atom. The van der Waals surface area contributed by atoms with Gasteiger partial charge in [-0.2, -0.15) is 13.2 Å². The predicted molar refractivity (Wildman–Crippen MR) is 82.4 cm³/mol. The van der Waals surface area contributed by atoms with Gasteiger partial charge < -0.3 is 5.11 Å². The number of alkyl halides is 3. The van der Waals surface area contributed by atoms with Gasteiger partial charge in [-0.3, -0.25) is 10.1 Å². The molecule has 0 saturated heterocycles. The number of non-ortho nitro benzene ring substituents is 1. The molecule has 0 aliphatic carbocycles. The van der Waals surface area contributed by atoms with E-state index < -0.39 is 54.4 Å². The van der Waals surface area contributed by atoms with Crippen molar-refractivity contribution in [2.45, 2.75) is 16.8 Å². The first kappa shape index (κ1) is 19.4. The average molecular weight is 389 g/mol. The maximum Gasteiger partial charge on any atom is 0.416 e. The maximum atomic E-state index is 12.7. The lowest BCUT2D eigenvalue weighted by molar-refractivity contribution is -0.385. The molecule has 0 radical (unpaired) electrons. The normalized spacial score (nSPS) is 12.0. The zero-order chi connectivity index (χ0) is 19.7. The minimum atomic E-state index is -4.66. The lowest BCUT2D eigenvalue weighted by atomic mass is 10.1. The summed E-state index contributed by atoms with van der Waals surface area (Å²) in [7, 11) is -4.32. The quantitative estimate of drug-likeness (QED) is 0.620. The summed E-state index contributed by atoms with van der Waals surface area (Å²) in [5, 5.41) is 19.8. The highest BCUT2D eigenvalue weighted by Crippen LogP contribution is 2.30. The lowest BCUT2D eigenvalue weighted by Crippen LogP contribution is -2.10. The molecule has 0 aromatic heterocycles. The van der Waals surface area contributed by atoms with Crippen molar-refractivity contribution in [3.8, 4) is 0 Å². The number of hydrogen-bond donors (Lipinski definition) is 1. The molecule has 7 nitrogen and oxygen atoms in total. The minimum absolute atomic E-state index is 0.191. The maximum absolute atomic E-state index is 12.7.